The topological polar surface area (TPSA) is 85.3 Å². The molecule has 0 saturated carbocycles. The molecule has 1 fully saturated rings. The van der Waals surface area contributed by atoms with Crippen LogP contribution in [0.4, 0.5) is 22.7 Å². The number of morpholine rings is 1. The maximum Gasteiger partial charge on any atom is 0.387 e. The van der Waals surface area contributed by atoms with Gasteiger partial charge in [-0.05, 0) is 12.1 Å². The summed E-state index contributed by atoms with van der Waals surface area (Å²) in [6.07, 6.45) is 1.04. The number of rotatable bonds is 8. The second-order valence-corrected chi connectivity index (χ2v) is 6.61. The lowest BCUT2D eigenvalue weighted by Crippen LogP contribution is -2.36. The average molecular weight is 448 g/mol. The number of hydrogen-bond donors (Lipinski definition) is 1. The van der Waals surface area contributed by atoms with Crippen molar-refractivity contribution in [1.82, 2.24) is 10.4 Å². The maximum atomic E-state index is 12.6. The van der Waals surface area contributed by atoms with Crippen LogP contribution >= 0.6 is 11.3 Å². The third-order valence-corrected chi connectivity index (χ3v) is 4.70. The molecule has 30 heavy (non-hydrogen) atoms. The number of alkyl halides is 4. The summed E-state index contributed by atoms with van der Waals surface area (Å²) in [6.45, 7) is -3.81. The van der Waals surface area contributed by atoms with Crippen LogP contribution in [0.5, 0.6) is 11.5 Å². The molecule has 1 aliphatic heterocycles. The van der Waals surface area contributed by atoms with Crippen LogP contribution in [0.3, 0.4) is 0 Å². The van der Waals surface area contributed by atoms with Crippen molar-refractivity contribution in [3.8, 4) is 11.5 Å². The number of hydrazone groups is 1. The molecule has 1 saturated heterocycles. The number of anilines is 1. The predicted octanol–water partition coefficient (Wildman–Crippen LogP) is 2.95. The number of carbonyl (C=O) groups excluding carboxylic acids is 1. The second-order valence-electron chi connectivity index (χ2n) is 5.77. The van der Waals surface area contributed by atoms with E-state index >= 15 is 0 Å². The Morgan fingerprint density at radius 1 is 1.23 bits per heavy atom. The van der Waals surface area contributed by atoms with Gasteiger partial charge in [-0.2, -0.15) is 22.7 Å². The lowest BCUT2D eigenvalue weighted by atomic mass is 10.2. The van der Waals surface area contributed by atoms with Crippen molar-refractivity contribution in [2.45, 2.75) is 13.2 Å². The molecule has 0 radical (unpaired) electrons. The van der Waals surface area contributed by atoms with Gasteiger partial charge in [0.15, 0.2) is 5.13 Å². The Kier molecular flexibility index (Phi) is 7.41. The van der Waals surface area contributed by atoms with Crippen molar-refractivity contribution in [1.29, 1.82) is 0 Å². The minimum Gasteiger partial charge on any atom is -0.435 e. The maximum absolute atomic E-state index is 12.6. The third kappa shape index (κ3) is 6.03. The van der Waals surface area contributed by atoms with Gasteiger partial charge in [0.25, 0.3) is 5.91 Å². The zero-order valence-corrected chi connectivity index (χ0v) is 16.1. The summed E-state index contributed by atoms with van der Waals surface area (Å²) in [5.41, 5.74) is 2.39. The zero-order chi connectivity index (χ0) is 21.5. The van der Waals surface area contributed by atoms with Crippen LogP contribution in [0.25, 0.3) is 0 Å². The molecule has 1 aromatic carbocycles. The highest BCUT2D eigenvalue weighted by molar-refractivity contribution is 7.13. The highest BCUT2D eigenvalue weighted by atomic mass is 32.1. The van der Waals surface area contributed by atoms with Gasteiger partial charge in [0, 0.05) is 30.1 Å². The highest BCUT2D eigenvalue weighted by Gasteiger charge is 2.17. The molecule has 162 valence electrons. The Balaban J connectivity index is 1.65. The van der Waals surface area contributed by atoms with Gasteiger partial charge in [0.2, 0.25) is 0 Å². The smallest absolute Gasteiger partial charge is 0.387 e. The van der Waals surface area contributed by atoms with Crippen molar-refractivity contribution >= 4 is 28.6 Å². The lowest BCUT2D eigenvalue weighted by molar-refractivity contribution is -0.0543. The summed E-state index contributed by atoms with van der Waals surface area (Å²) < 4.78 is 63.4. The van der Waals surface area contributed by atoms with E-state index in [9.17, 15) is 22.4 Å². The predicted molar refractivity (Wildman–Crippen MR) is 99.9 cm³/mol. The molecular formula is C17H16F4N4O4S. The molecule has 0 unspecified atom stereocenters. The first-order valence-electron chi connectivity index (χ1n) is 8.57. The van der Waals surface area contributed by atoms with E-state index in [0.717, 1.165) is 18.3 Å². The van der Waals surface area contributed by atoms with E-state index in [1.165, 1.54) is 17.4 Å². The van der Waals surface area contributed by atoms with Crippen LogP contribution in [0, 0.1) is 0 Å². The Bertz CT molecular complexity index is 890. The zero-order valence-electron chi connectivity index (χ0n) is 15.3. The summed E-state index contributed by atoms with van der Waals surface area (Å²) in [4.78, 5) is 18.4. The number of amides is 1. The van der Waals surface area contributed by atoms with Crippen molar-refractivity contribution in [3.63, 3.8) is 0 Å². The monoisotopic (exact) mass is 448 g/mol. The number of benzene rings is 1. The molecule has 1 aromatic heterocycles. The van der Waals surface area contributed by atoms with E-state index < -0.39 is 24.9 Å². The van der Waals surface area contributed by atoms with Crippen molar-refractivity contribution in [2.24, 2.45) is 5.10 Å². The SMILES string of the molecule is O=C(N/N=C/c1ccc(OC(F)F)cc1OC(F)F)c1csc(N2CCOCC2)n1. The molecule has 2 heterocycles. The summed E-state index contributed by atoms with van der Waals surface area (Å²) in [5, 5.41) is 5.93. The van der Waals surface area contributed by atoms with Crippen LogP contribution in [-0.2, 0) is 4.74 Å². The van der Waals surface area contributed by atoms with Gasteiger partial charge < -0.3 is 19.1 Å². The second kappa shape index (κ2) is 10.2. The minimum absolute atomic E-state index is 0.0181. The molecule has 13 heteroatoms. The lowest BCUT2D eigenvalue weighted by Gasteiger charge is -2.25. The largest absolute Gasteiger partial charge is 0.435 e. The van der Waals surface area contributed by atoms with Gasteiger partial charge in [0.05, 0.1) is 19.4 Å². The molecule has 1 amide bonds. The molecular weight excluding hydrogens is 432 g/mol. The number of nitrogens with one attached hydrogen (secondary N) is 1. The van der Waals surface area contributed by atoms with E-state index in [2.05, 4.69) is 25.0 Å². The third-order valence-electron chi connectivity index (χ3n) is 3.80. The molecule has 8 nitrogen and oxygen atoms in total. The summed E-state index contributed by atoms with van der Waals surface area (Å²) in [6, 6.07) is 3.18. The number of hydrogen-bond acceptors (Lipinski definition) is 8. The van der Waals surface area contributed by atoms with Crippen LogP contribution in [0.2, 0.25) is 0 Å². The standard InChI is InChI=1S/C17H16F4N4O4S/c18-15(19)28-11-2-1-10(13(7-11)29-16(20)21)8-22-24-14(26)12-9-30-17(23-12)25-3-5-27-6-4-25/h1-2,7-9,15-16H,3-6H2,(H,24,26)/b22-8+. The molecule has 1 aliphatic rings. The van der Waals surface area contributed by atoms with Gasteiger partial charge >= 0.3 is 13.2 Å². The van der Waals surface area contributed by atoms with Gasteiger partial charge in [-0.1, -0.05) is 0 Å². The molecule has 0 atom stereocenters. The van der Waals surface area contributed by atoms with Gasteiger partial charge in [-0.25, -0.2) is 10.4 Å². The summed E-state index contributed by atoms with van der Waals surface area (Å²) in [7, 11) is 0. The quantitative estimate of drug-likeness (QED) is 0.380. The number of nitrogens with zero attached hydrogens (tertiary/aromatic N) is 3. The molecule has 3 rings (SSSR count). The summed E-state index contributed by atoms with van der Waals surface area (Å²) >= 11 is 1.30. The number of aromatic nitrogens is 1. The minimum atomic E-state index is -3.19. The van der Waals surface area contributed by atoms with Crippen molar-refractivity contribution in [3.05, 3.63) is 34.8 Å². The van der Waals surface area contributed by atoms with E-state index in [0.29, 0.717) is 31.4 Å². The fourth-order valence-electron chi connectivity index (χ4n) is 2.48. The molecule has 0 spiro atoms. The normalized spacial score (nSPS) is 14.5. The van der Waals surface area contributed by atoms with Crippen LogP contribution in [-0.4, -0.2) is 56.6 Å². The summed E-state index contributed by atoms with van der Waals surface area (Å²) in [5.74, 6) is -1.40. The first-order valence-corrected chi connectivity index (χ1v) is 9.45. The van der Waals surface area contributed by atoms with Crippen LogP contribution < -0.4 is 19.8 Å². The Labute approximate surface area is 172 Å². The van der Waals surface area contributed by atoms with E-state index in [-0.39, 0.29) is 17.0 Å². The van der Waals surface area contributed by atoms with E-state index in [1.54, 1.807) is 5.38 Å². The molecule has 0 aliphatic carbocycles. The van der Waals surface area contributed by atoms with Gasteiger partial charge in [-0.3, -0.25) is 4.79 Å². The van der Waals surface area contributed by atoms with Crippen LogP contribution in [0.15, 0.2) is 28.7 Å². The first-order chi connectivity index (χ1) is 14.4. The number of thiazole rings is 1. The average Bonchev–Trinajstić information content (AvgIpc) is 3.20. The van der Waals surface area contributed by atoms with E-state index in [1.807, 2.05) is 4.90 Å². The Morgan fingerprint density at radius 2 is 1.97 bits per heavy atom. The van der Waals surface area contributed by atoms with Crippen molar-refractivity contribution < 1.29 is 36.6 Å². The Morgan fingerprint density at radius 3 is 2.67 bits per heavy atom. The Hall–Kier alpha value is -2.93. The number of halogens is 4. The van der Waals surface area contributed by atoms with Crippen LogP contribution in [0.1, 0.15) is 16.1 Å². The molecule has 2 aromatic rings. The fourth-order valence-corrected chi connectivity index (χ4v) is 3.34. The van der Waals surface area contributed by atoms with Gasteiger partial charge in [-0.15, -0.1) is 11.3 Å². The first kappa shape index (κ1) is 21.8. The number of ether oxygens (including phenoxy) is 3. The highest BCUT2D eigenvalue weighted by Crippen LogP contribution is 2.26. The fraction of sp³-hybridized carbons (Fsp3) is 0.353. The molecule has 0 bridgehead atoms. The van der Waals surface area contributed by atoms with Gasteiger partial charge in [0.1, 0.15) is 17.2 Å². The van der Waals surface area contributed by atoms with E-state index in [4.69, 9.17) is 4.74 Å². The molecule has 1 N–H and O–H groups in total. The van der Waals surface area contributed by atoms with Crippen molar-refractivity contribution in [2.75, 3.05) is 31.2 Å². The number of carbonyl (C=O) groups is 1.